The van der Waals surface area contributed by atoms with Crippen LogP contribution >= 0.6 is 0 Å². The largest absolute Gasteiger partial charge is 0.478 e. The molecule has 0 heterocycles. The van der Waals surface area contributed by atoms with Gasteiger partial charge in [0.15, 0.2) is 5.78 Å². The maximum absolute atomic E-state index is 11.1. The number of carbonyl (C=O) groups is 4. The molecular weight excluding hydrogens is 328 g/mol. The van der Waals surface area contributed by atoms with Gasteiger partial charge in [-0.05, 0) is 19.4 Å². The van der Waals surface area contributed by atoms with Crippen LogP contribution in [0.2, 0.25) is 0 Å². The quantitative estimate of drug-likeness (QED) is 0.313. The van der Waals surface area contributed by atoms with Crippen LogP contribution in [0, 0.1) is 0 Å². The van der Waals surface area contributed by atoms with Crippen molar-refractivity contribution >= 4 is 23.7 Å². The fourth-order valence-corrected chi connectivity index (χ4v) is 1.56. The molecule has 0 aromatic carbocycles. The lowest BCUT2D eigenvalue weighted by Gasteiger charge is -2.04. The number of allylic oxidation sites excluding steroid dienone is 1. The zero-order valence-electron chi connectivity index (χ0n) is 15.0. The van der Waals surface area contributed by atoms with Crippen molar-refractivity contribution in [2.45, 2.75) is 58.8 Å². The number of esters is 1. The molecule has 0 fully saturated rings. The van der Waals surface area contributed by atoms with E-state index in [0.717, 1.165) is 31.4 Å². The van der Waals surface area contributed by atoms with E-state index in [9.17, 15) is 19.2 Å². The van der Waals surface area contributed by atoms with Crippen molar-refractivity contribution in [1.29, 1.82) is 0 Å². The third-order valence-corrected chi connectivity index (χ3v) is 2.88. The van der Waals surface area contributed by atoms with E-state index in [0.29, 0.717) is 6.61 Å². The Morgan fingerprint density at radius 2 is 1.52 bits per heavy atom. The van der Waals surface area contributed by atoms with Gasteiger partial charge < -0.3 is 14.9 Å². The molecule has 0 aromatic heterocycles. The van der Waals surface area contributed by atoms with Crippen LogP contribution in [0.5, 0.6) is 0 Å². The Bertz CT molecular complexity index is 462. The molecule has 0 aliphatic heterocycles. The summed E-state index contributed by atoms with van der Waals surface area (Å²) >= 11 is 0. The van der Waals surface area contributed by atoms with Crippen molar-refractivity contribution < 1.29 is 34.1 Å². The third kappa shape index (κ3) is 21.6. The van der Waals surface area contributed by atoms with E-state index in [1.807, 2.05) is 0 Å². The van der Waals surface area contributed by atoms with E-state index in [4.69, 9.17) is 14.9 Å². The molecule has 7 nitrogen and oxygen atoms in total. The summed E-state index contributed by atoms with van der Waals surface area (Å²) in [6, 6.07) is 0. The molecule has 0 saturated carbocycles. The highest BCUT2D eigenvalue weighted by molar-refractivity contribution is 5.93. The molecule has 0 saturated heterocycles. The fourth-order valence-electron chi connectivity index (χ4n) is 1.56. The Hall–Kier alpha value is -2.44. The molecule has 0 rings (SSSR count). The first-order chi connectivity index (χ1) is 11.7. The van der Waals surface area contributed by atoms with Crippen LogP contribution in [0.15, 0.2) is 24.3 Å². The van der Waals surface area contributed by atoms with E-state index in [2.05, 4.69) is 13.5 Å². The highest BCUT2D eigenvalue weighted by Crippen LogP contribution is 2.06. The number of rotatable bonds is 12. The van der Waals surface area contributed by atoms with Crippen LogP contribution in [-0.2, 0) is 23.9 Å². The molecule has 0 bridgehead atoms. The highest BCUT2D eigenvalue weighted by atomic mass is 16.5. The molecule has 0 amide bonds. The predicted octanol–water partition coefficient (Wildman–Crippen LogP) is 3.14. The van der Waals surface area contributed by atoms with E-state index in [1.54, 1.807) is 0 Å². The molecule has 25 heavy (non-hydrogen) atoms. The molecule has 7 heteroatoms. The molecule has 0 atom stereocenters. The van der Waals surface area contributed by atoms with Gasteiger partial charge in [0.25, 0.3) is 0 Å². The lowest BCUT2D eigenvalue weighted by Crippen LogP contribution is -2.10. The van der Waals surface area contributed by atoms with Gasteiger partial charge in [0.1, 0.15) is 0 Å². The van der Waals surface area contributed by atoms with E-state index in [1.165, 1.54) is 26.2 Å². The second-order valence-electron chi connectivity index (χ2n) is 5.36. The zero-order valence-corrected chi connectivity index (χ0v) is 15.0. The predicted molar refractivity (Wildman–Crippen MR) is 93.2 cm³/mol. The molecule has 2 N–H and O–H groups in total. The second-order valence-corrected chi connectivity index (χ2v) is 5.36. The smallest absolute Gasteiger partial charge is 0.331 e. The van der Waals surface area contributed by atoms with Gasteiger partial charge in [-0.3, -0.25) is 9.59 Å². The van der Waals surface area contributed by atoms with Crippen molar-refractivity contribution in [1.82, 2.24) is 0 Å². The number of carboxylic acid groups (broad SMARTS) is 2. The first-order valence-electron chi connectivity index (χ1n) is 8.18. The Kier molecular flexibility index (Phi) is 16.3. The molecule has 0 unspecified atom stereocenters. The number of aliphatic carboxylic acids is 2. The van der Waals surface area contributed by atoms with Gasteiger partial charge in [-0.25, -0.2) is 9.59 Å². The second kappa shape index (κ2) is 16.4. The van der Waals surface area contributed by atoms with Crippen LogP contribution in [0.1, 0.15) is 58.8 Å². The number of carbonyl (C=O) groups excluding carboxylic acids is 2. The summed E-state index contributed by atoms with van der Waals surface area (Å²) in [5.41, 5.74) is -0.127. The topological polar surface area (TPSA) is 118 Å². The van der Waals surface area contributed by atoms with Crippen LogP contribution in [0.25, 0.3) is 0 Å². The van der Waals surface area contributed by atoms with Gasteiger partial charge in [0, 0.05) is 11.6 Å². The van der Waals surface area contributed by atoms with Crippen LogP contribution in [0.3, 0.4) is 0 Å². The van der Waals surface area contributed by atoms with E-state index < -0.39 is 17.9 Å². The molecule has 0 radical (unpaired) electrons. The number of hydrogen-bond donors (Lipinski definition) is 2. The summed E-state index contributed by atoms with van der Waals surface area (Å²) in [5.74, 6) is -3.01. The first-order valence-corrected chi connectivity index (χ1v) is 8.18. The first kappa shape index (κ1) is 24.8. The molecule has 0 aliphatic carbocycles. The van der Waals surface area contributed by atoms with Crippen molar-refractivity contribution in [3.05, 3.63) is 24.3 Å². The Morgan fingerprint density at radius 3 is 1.96 bits per heavy atom. The molecule has 0 aliphatic rings. The third-order valence-electron chi connectivity index (χ3n) is 2.88. The van der Waals surface area contributed by atoms with Gasteiger partial charge in [-0.1, -0.05) is 45.6 Å². The minimum absolute atomic E-state index is 0.127. The number of ether oxygens (including phenoxy) is 1. The summed E-state index contributed by atoms with van der Waals surface area (Å²) in [6.07, 6.45) is 8.32. The van der Waals surface area contributed by atoms with Gasteiger partial charge in [-0.2, -0.15) is 0 Å². The normalized spacial score (nSPS) is 9.84. The van der Waals surface area contributed by atoms with Gasteiger partial charge in [0.05, 0.1) is 13.0 Å². The van der Waals surface area contributed by atoms with Crippen LogP contribution < -0.4 is 0 Å². The minimum atomic E-state index is -1.15. The number of hydrogen-bond acceptors (Lipinski definition) is 5. The minimum Gasteiger partial charge on any atom is -0.478 e. The summed E-state index contributed by atoms with van der Waals surface area (Å²) in [7, 11) is 0. The average Bonchev–Trinajstić information content (AvgIpc) is 2.52. The Labute approximate surface area is 148 Å². The van der Waals surface area contributed by atoms with Crippen LogP contribution in [0.4, 0.5) is 0 Å². The van der Waals surface area contributed by atoms with E-state index in [-0.39, 0.29) is 17.8 Å². The fraction of sp³-hybridized carbons (Fsp3) is 0.556. The standard InChI is InChI=1S/C13H22O4.C5H6O3/c1-3-4-5-6-7-8-9-17-12(14)10-11(2)13(15)16;1-4(6)2-3-5(7)8/h2-10H2,1H3,(H,15,16);2-3H,1H3,(H,7,8)/b;3-2+. The molecular formula is C18H28O7. The van der Waals surface area contributed by atoms with E-state index >= 15 is 0 Å². The highest BCUT2D eigenvalue weighted by Gasteiger charge is 2.10. The van der Waals surface area contributed by atoms with Crippen molar-refractivity contribution in [3.8, 4) is 0 Å². The molecule has 0 aromatic rings. The summed E-state index contributed by atoms with van der Waals surface area (Å²) < 4.78 is 4.91. The maximum atomic E-state index is 11.1. The summed E-state index contributed by atoms with van der Waals surface area (Å²) in [6.45, 7) is 7.10. The summed E-state index contributed by atoms with van der Waals surface area (Å²) in [5, 5.41) is 16.4. The van der Waals surface area contributed by atoms with Gasteiger partial charge >= 0.3 is 17.9 Å². The maximum Gasteiger partial charge on any atom is 0.331 e. The average molecular weight is 356 g/mol. The number of carboxylic acids is 2. The van der Waals surface area contributed by atoms with Gasteiger partial charge in [0.2, 0.25) is 0 Å². The lowest BCUT2D eigenvalue weighted by molar-refractivity contribution is -0.144. The van der Waals surface area contributed by atoms with Crippen molar-refractivity contribution in [3.63, 3.8) is 0 Å². The summed E-state index contributed by atoms with van der Waals surface area (Å²) in [4.78, 5) is 41.2. The van der Waals surface area contributed by atoms with Gasteiger partial charge in [-0.15, -0.1) is 0 Å². The monoisotopic (exact) mass is 356 g/mol. The zero-order chi connectivity index (χ0) is 19.7. The Morgan fingerprint density at radius 1 is 0.960 bits per heavy atom. The van der Waals surface area contributed by atoms with Crippen LogP contribution in [-0.4, -0.2) is 40.5 Å². The molecule has 142 valence electrons. The van der Waals surface area contributed by atoms with Crippen molar-refractivity contribution in [2.75, 3.05) is 6.61 Å². The lowest BCUT2D eigenvalue weighted by atomic mass is 10.1. The SMILES string of the molecule is C=C(CC(=O)OCCCCCCCC)C(=O)O.CC(=O)/C=C/C(=O)O. The number of unbranched alkanes of at least 4 members (excludes halogenated alkanes) is 5. The Balaban J connectivity index is 0. The number of ketones is 1. The molecule has 0 spiro atoms. The van der Waals surface area contributed by atoms with Crippen molar-refractivity contribution in [2.24, 2.45) is 0 Å².